The van der Waals surface area contributed by atoms with E-state index >= 15 is 0 Å². The Morgan fingerprint density at radius 1 is 1.17 bits per heavy atom. The Bertz CT molecular complexity index is 456. The van der Waals surface area contributed by atoms with Crippen molar-refractivity contribution in [3.05, 3.63) is 12.1 Å². The molecule has 2 heterocycles. The topological polar surface area (TPSA) is 65.7 Å². The van der Waals surface area contributed by atoms with E-state index in [1.807, 2.05) is 12.1 Å². The summed E-state index contributed by atoms with van der Waals surface area (Å²) < 4.78 is 16.5. The van der Waals surface area contributed by atoms with Crippen LogP contribution < -0.4 is 20.5 Å². The van der Waals surface area contributed by atoms with E-state index in [0.29, 0.717) is 25.5 Å². The fourth-order valence-corrected chi connectivity index (χ4v) is 2.30. The van der Waals surface area contributed by atoms with Crippen molar-refractivity contribution < 1.29 is 14.2 Å². The first-order valence-corrected chi connectivity index (χ1v) is 6.21. The van der Waals surface area contributed by atoms with Crippen molar-refractivity contribution in [1.82, 2.24) is 0 Å². The van der Waals surface area contributed by atoms with Crippen molar-refractivity contribution in [3.63, 3.8) is 0 Å². The number of benzene rings is 1. The Labute approximate surface area is 106 Å². The average molecular weight is 250 g/mol. The number of ether oxygens (including phenoxy) is 3. The largest absolute Gasteiger partial charge is 0.486 e. The summed E-state index contributed by atoms with van der Waals surface area (Å²) in [6.07, 6.45) is 0.973. The third-order valence-electron chi connectivity index (χ3n) is 3.37. The van der Waals surface area contributed by atoms with E-state index in [-0.39, 0.29) is 5.54 Å². The fraction of sp³-hybridized carbons (Fsp3) is 0.538. The number of nitrogen functional groups attached to an aromatic ring is 1. The lowest BCUT2D eigenvalue weighted by Crippen LogP contribution is -2.35. The molecule has 0 bridgehead atoms. The summed E-state index contributed by atoms with van der Waals surface area (Å²) in [5.74, 6) is 1.47. The van der Waals surface area contributed by atoms with Gasteiger partial charge >= 0.3 is 0 Å². The first kappa shape index (κ1) is 11.5. The van der Waals surface area contributed by atoms with Gasteiger partial charge < -0.3 is 25.3 Å². The molecule has 1 saturated heterocycles. The molecule has 0 saturated carbocycles. The van der Waals surface area contributed by atoms with Crippen LogP contribution in [0.15, 0.2) is 12.1 Å². The number of fused-ring (bicyclic) bond motifs is 1. The van der Waals surface area contributed by atoms with Gasteiger partial charge in [0.25, 0.3) is 0 Å². The van der Waals surface area contributed by atoms with Gasteiger partial charge in [-0.05, 0) is 13.3 Å². The highest BCUT2D eigenvalue weighted by atomic mass is 16.6. The van der Waals surface area contributed by atoms with E-state index in [4.69, 9.17) is 19.9 Å². The van der Waals surface area contributed by atoms with Crippen LogP contribution in [0.1, 0.15) is 13.3 Å². The number of nitrogens with two attached hydrogens (primary N) is 1. The van der Waals surface area contributed by atoms with Gasteiger partial charge in [0.1, 0.15) is 13.2 Å². The molecule has 3 N–H and O–H groups in total. The van der Waals surface area contributed by atoms with Crippen LogP contribution in [0.5, 0.6) is 11.5 Å². The van der Waals surface area contributed by atoms with Crippen molar-refractivity contribution in [2.75, 3.05) is 37.5 Å². The van der Waals surface area contributed by atoms with Gasteiger partial charge in [-0.2, -0.15) is 0 Å². The molecular formula is C13H18N2O3. The molecule has 1 aromatic rings. The number of hydrogen-bond donors (Lipinski definition) is 2. The minimum absolute atomic E-state index is 0.0577. The number of hydrogen-bond acceptors (Lipinski definition) is 5. The molecule has 2 aliphatic rings. The highest BCUT2D eigenvalue weighted by molar-refractivity contribution is 5.73. The molecule has 0 radical (unpaired) electrons. The van der Waals surface area contributed by atoms with Crippen LogP contribution >= 0.6 is 0 Å². The van der Waals surface area contributed by atoms with Gasteiger partial charge in [0.05, 0.1) is 23.5 Å². The highest BCUT2D eigenvalue weighted by Crippen LogP contribution is 2.38. The molecule has 1 aromatic carbocycles. The summed E-state index contributed by atoms with van der Waals surface area (Å²) in [5, 5.41) is 3.45. The third kappa shape index (κ3) is 2.06. The molecule has 3 rings (SSSR count). The van der Waals surface area contributed by atoms with Crippen molar-refractivity contribution >= 4 is 11.4 Å². The van der Waals surface area contributed by atoms with Crippen LogP contribution in [0.25, 0.3) is 0 Å². The summed E-state index contributed by atoms with van der Waals surface area (Å²) in [6.45, 7) is 4.77. The predicted octanol–water partition coefficient (Wildman–Crippen LogP) is 1.63. The van der Waals surface area contributed by atoms with Crippen molar-refractivity contribution in [3.8, 4) is 11.5 Å². The van der Waals surface area contributed by atoms with Crippen molar-refractivity contribution in [1.29, 1.82) is 0 Å². The number of nitrogens with one attached hydrogen (secondary N) is 1. The van der Waals surface area contributed by atoms with Gasteiger partial charge in [-0.25, -0.2) is 0 Å². The van der Waals surface area contributed by atoms with Crippen LogP contribution in [0.2, 0.25) is 0 Å². The molecule has 0 spiro atoms. The smallest absolute Gasteiger partial charge is 0.163 e. The van der Waals surface area contributed by atoms with E-state index in [1.54, 1.807) is 0 Å². The second-order valence-electron chi connectivity index (χ2n) is 5.07. The van der Waals surface area contributed by atoms with Crippen LogP contribution in [-0.4, -0.2) is 32.0 Å². The van der Waals surface area contributed by atoms with Gasteiger partial charge in [0.2, 0.25) is 0 Å². The second-order valence-corrected chi connectivity index (χ2v) is 5.07. The zero-order valence-electron chi connectivity index (χ0n) is 10.5. The van der Waals surface area contributed by atoms with Crippen LogP contribution in [0, 0.1) is 0 Å². The molecule has 98 valence electrons. The molecule has 1 atom stereocenters. The molecular weight excluding hydrogens is 232 g/mol. The lowest BCUT2D eigenvalue weighted by atomic mass is 10.0. The first-order valence-electron chi connectivity index (χ1n) is 6.21. The number of rotatable bonds is 2. The van der Waals surface area contributed by atoms with Crippen LogP contribution in [-0.2, 0) is 4.74 Å². The Kier molecular flexibility index (Phi) is 2.70. The Balaban J connectivity index is 1.87. The van der Waals surface area contributed by atoms with Crippen molar-refractivity contribution in [2.45, 2.75) is 18.9 Å². The molecule has 0 aromatic heterocycles. The zero-order chi connectivity index (χ0) is 12.6. The minimum atomic E-state index is -0.0577. The van der Waals surface area contributed by atoms with E-state index in [2.05, 4.69) is 12.2 Å². The SMILES string of the molecule is CC1(Nc2cc3c(cc2N)OCCO3)CCOC1. The second kappa shape index (κ2) is 4.24. The lowest BCUT2D eigenvalue weighted by molar-refractivity contribution is 0.171. The Morgan fingerprint density at radius 3 is 2.56 bits per heavy atom. The zero-order valence-corrected chi connectivity index (χ0v) is 10.5. The first-order chi connectivity index (χ1) is 8.66. The Hall–Kier alpha value is -1.62. The van der Waals surface area contributed by atoms with Crippen LogP contribution in [0.4, 0.5) is 11.4 Å². The van der Waals surface area contributed by atoms with Crippen LogP contribution in [0.3, 0.4) is 0 Å². The third-order valence-corrected chi connectivity index (χ3v) is 3.37. The van der Waals surface area contributed by atoms with Gasteiger partial charge in [-0.3, -0.25) is 0 Å². The maximum Gasteiger partial charge on any atom is 0.163 e. The molecule has 0 aliphatic carbocycles. The summed E-state index contributed by atoms with van der Waals surface area (Å²) in [4.78, 5) is 0. The van der Waals surface area contributed by atoms with Gasteiger partial charge in [-0.1, -0.05) is 0 Å². The summed E-state index contributed by atoms with van der Waals surface area (Å²) in [7, 11) is 0. The van der Waals surface area contributed by atoms with E-state index < -0.39 is 0 Å². The molecule has 18 heavy (non-hydrogen) atoms. The summed E-state index contributed by atoms with van der Waals surface area (Å²) in [5.41, 5.74) is 7.54. The quantitative estimate of drug-likeness (QED) is 0.781. The fourth-order valence-electron chi connectivity index (χ4n) is 2.30. The minimum Gasteiger partial charge on any atom is -0.486 e. The van der Waals surface area contributed by atoms with E-state index in [0.717, 1.165) is 30.2 Å². The van der Waals surface area contributed by atoms with Crippen molar-refractivity contribution in [2.24, 2.45) is 0 Å². The Morgan fingerprint density at radius 2 is 1.89 bits per heavy atom. The maximum atomic E-state index is 6.04. The van der Waals surface area contributed by atoms with Gasteiger partial charge in [-0.15, -0.1) is 0 Å². The molecule has 1 unspecified atom stereocenters. The summed E-state index contributed by atoms with van der Waals surface area (Å²) >= 11 is 0. The standard InChI is InChI=1S/C13H18N2O3/c1-13(2-3-16-8-13)15-10-7-12-11(6-9(10)14)17-4-5-18-12/h6-7,15H,2-5,8,14H2,1H3. The molecule has 5 nitrogen and oxygen atoms in total. The maximum absolute atomic E-state index is 6.04. The van der Waals surface area contributed by atoms with E-state index in [1.165, 1.54) is 0 Å². The molecule has 5 heteroatoms. The van der Waals surface area contributed by atoms with E-state index in [9.17, 15) is 0 Å². The number of anilines is 2. The lowest BCUT2D eigenvalue weighted by Gasteiger charge is -2.27. The monoisotopic (exact) mass is 250 g/mol. The predicted molar refractivity (Wildman–Crippen MR) is 69.3 cm³/mol. The van der Waals surface area contributed by atoms with Gasteiger partial charge in [0, 0.05) is 18.7 Å². The normalized spacial score (nSPS) is 26.1. The summed E-state index contributed by atoms with van der Waals surface area (Å²) in [6, 6.07) is 3.73. The van der Waals surface area contributed by atoms with Gasteiger partial charge in [0.15, 0.2) is 11.5 Å². The average Bonchev–Trinajstić information content (AvgIpc) is 2.77. The molecule has 2 aliphatic heterocycles. The highest BCUT2D eigenvalue weighted by Gasteiger charge is 2.30. The molecule has 1 fully saturated rings. The molecule has 0 amide bonds.